The number of carbonyl (C=O) groups excluding carboxylic acids is 1. The lowest BCUT2D eigenvalue weighted by Crippen LogP contribution is -2.34. The molecule has 1 aromatic carbocycles. The van der Waals surface area contributed by atoms with E-state index in [-0.39, 0.29) is 5.39 Å². The smallest absolute Gasteiger partial charge is 0.261 e. The lowest BCUT2D eigenvalue weighted by atomic mass is 9.98. The monoisotopic (exact) mass is 435 g/mol. The highest BCUT2D eigenvalue weighted by Crippen LogP contribution is 2.26. The van der Waals surface area contributed by atoms with Crippen LogP contribution in [0.5, 0.6) is 5.75 Å². The molecule has 0 saturated carbocycles. The molecule has 0 radical (unpaired) electrons. The standard InChI is InChI=1S/C21H26FN3O4S/c22-17-9-15(29-11-14-1-5-25(13-26)6-2-14)10-18-20(17)21(27)24-19(23-18)12-30-16-3-7-28-8-4-16/h9-10,13-14,16H,1-8,11-12H2,(H,23,24,27). The van der Waals surface area contributed by atoms with Gasteiger partial charge in [-0.2, -0.15) is 11.8 Å². The van der Waals surface area contributed by atoms with Crippen LogP contribution in [0, 0.1) is 11.7 Å². The number of ether oxygens (including phenoxy) is 2. The predicted molar refractivity (Wildman–Crippen MR) is 113 cm³/mol. The van der Waals surface area contributed by atoms with Crippen molar-refractivity contribution in [3.05, 3.63) is 34.1 Å². The Balaban J connectivity index is 1.44. The van der Waals surface area contributed by atoms with Gasteiger partial charge in [-0.25, -0.2) is 9.37 Å². The third kappa shape index (κ3) is 5.13. The van der Waals surface area contributed by atoms with Gasteiger partial charge in [-0.05, 0) is 31.6 Å². The second-order valence-electron chi connectivity index (χ2n) is 7.83. The van der Waals surface area contributed by atoms with Gasteiger partial charge in [0.15, 0.2) is 0 Å². The van der Waals surface area contributed by atoms with Gasteiger partial charge in [-0.3, -0.25) is 9.59 Å². The molecule has 9 heteroatoms. The highest BCUT2D eigenvalue weighted by Gasteiger charge is 2.20. The molecule has 0 spiro atoms. The molecule has 7 nitrogen and oxygen atoms in total. The van der Waals surface area contributed by atoms with Crippen molar-refractivity contribution in [2.45, 2.75) is 36.7 Å². The second-order valence-corrected chi connectivity index (χ2v) is 9.12. The van der Waals surface area contributed by atoms with Crippen LogP contribution in [-0.4, -0.2) is 59.4 Å². The molecule has 0 bridgehead atoms. The number of hydrogen-bond acceptors (Lipinski definition) is 6. The molecule has 30 heavy (non-hydrogen) atoms. The number of piperidine rings is 1. The third-order valence-corrected chi connectivity index (χ3v) is 7.07. The molecule has 2 aliphatic heterocycles. The topological polar surface area (TPSA) is 84.5 Å². The number of nitrogens with one attached hydrogen (secondary N) is 1. The minimum absolute atomic E-state index is 0.0403. The lowest BCUT2D eigenvalue weighted by Gasteiger charge is -2.29. The van der Waals surface area contributed by atoms with Gasteiger partial charge in [0.2, 0.25) is 6.41 Å². The van der Waals surface area contributed by atoms with Crippen LogP contribution in [0.15, 0.2) is 16.9 Å². The summed E-state index contributed by atoms with van der Waals surface area (Å²) in [4.78, 5) is 32.2. The van der Waals surface area contributed by atoms with E-state index in [1.165, 1.54) is 6.07 Å². The molecule has 1 amide bonds. The number of aromatic amines is 1. The highest BCUT2D eigenvalue weighted by atomic mass is 32.2. The molecular weight excluding hydrogens is 409 g/mol. The van der Waals surface area contributed by atoms with E-state index >= 15 is 0 Å². The number of rotatable bonds is 7. The van der Waals surface area contributed by atoms with Crippen LogP contribution in [0.2, 0.25) is 0 Å². The van der Waals surface area contributed by atoms with E-state index in [0.717, 1.165) is 45.3 Å². The quantitative estimate of drug-likeness (QED) is 0.674. The summed E-state index contributed by atoms with van der Waals surface area (Å²) in [5.74, 6) is 1.17. The zero-order chi connectivity index (χ0) is 20.9. The van der Waals surface area contributed by atoms with E-state index in [0.29, 0.717) is 53.7 Å². The number of benzene rings is 1. The molecule has 2 aliphatic rings. The molecule has 2 aromatic rings. The van der Waals surface area contributed by atoms with Crippen molar-refractivity contribution in [1.29, 1.82) is 0 Å². The normalized spacial score (nSPS) is 18.6. The maximum Gasteiger partial charge on any atom is 0.261 e. The van der Waals surface area contributed by atoms with Crippen LogP contribution in [0.25, 0.3) is 10.9 Å². The molecule has 1 aromatic heterocycles. The van der Waals surface area contributed by atoms with Crippen LogP contribution >= 0.6 is 11.8 Å². The summed E-state index contributed by atoms with van der Waals surface area (Å²) in [6, 6.07) is 2.88. The largest absolute Gasteiger partial charge is 0.493 e. The number of nitrogens with zero attached hydrogens (tertiary/aromatic N) is 2. The van der Waals surface area contributed by atoms with Gasteiger partial charge >= 0.3 is 0 Å². The summed E-state index contributed by atoms with van der Waals surface area (Å²) >= 11 is 1.74. The summed E-state index contributed by atoms with van der Waals surface area (Å²) < 4.78 is 25.8. The number of carbonyl (C=O) groups is 1. The van der Waals surface area contributed by atoms with Crippen LogP contribution in [0.4, 0.5) is 4.39 Å². The first-order chi connectivity index (χ1) is 14.6. The maximum atomic E-state index is 14.6. The first-order valence-corrected chi connectivity index (χ1v) is 11.4. The summed E-state index contributed by atoms with van der Waals surface area (Å²) in [5.41, 5.74) is -0.153. The molecule has 3 heterocycles. The Kier molecular flexibility index (Phi) is 6.89. The van der Waals surface area contributed by atoms with Crippen molar-refractivity contribution in [3.8, 4) is 5.75 Å². The van der Waals surface area contributed by atoms with Crippen molar-refractivity contribution in [2.24, 2.45) is 5.92 Å². The molecule has 0 atom stereocenters. The van der Waals surface area contributed by atoms with Crippen molar-refractivity contribution in [3.63, 3.8) is 0 Å². The zero-order valence-electron chi connectivity index (χ0n) is 16.8. The van der Waals surface area contributed by atoms with Crippen molar-refractivity contribution in [1.82, 2.24) is 14.9 Å². The van der Waals surface area contributed by atoms with Crippen LogP contribution in [0.1, 0.15) is 31.5 Å². The van der Waals surface area contributed by atoms with Gasteiger partial charge in [0.05, 0.1) is 17.9 Å². The van der Waals surface area contributed by atoms with Crippen molar-refractivity contribution in [2.75, 3.05) is 32.9 Å². The molecule has 0 unspecified atom stereocenters. The number of thioether (sulfide) groups is 1. The number of likely N-dealkylation sites (tertiary alicyclic amines) is 1. The Morgan fingerprint density at radius 1 is 1.27 bits per heavy atom. The van der Waals surface area contributed by atoms with E-state index in [1.54, 1.807) is 22.7 Å². The van der Waals surface area contributed by atoms with E-state index in [9.17, 15) is 14.0 Å². The minimum Gasteiger partial charge on any atom is -0.493 e. The van der Waals surface area contributed by atoms with Gasteiger partial charge < -0.3 is 19.4 Å². The highest BCUT2D eigenvalue weighted by molar-refractivity contribution is 7.99. The van der Waals surface area contributed by atoms with Crippen LogP contribution in [-0.2, 0) is 15.3 Å². The fourth-order valence-electron chi connectivity index (χ4n) is 3.88. The Morgan fingerprint density at radius 3 is 2.77 bits per heavy atom. The fraction of sp³-hybridized carbons (Fsp3) is 0.571. The Labute approximate surface area is 178 Å². The molecule has 4 rings (SSSR count). The van der Waals surface area contributed by atoms with Crippen LogP contribution in [0.3, 0.4) is 0 Å². The number of halogens is 1. The van der Waals surface area contributed by atoms with E-state index in [2.05, 4.69) is 9.97 Å². The van der Waals surface area contributed by atoms with Gasteiger partial charge in [-0.15, -0.1) is 0 Å². The van der Waals surface area contributed by atoms with Gasteiger partial charge in [0, 0.05) is 43.7 Å². The molecular formula is C21H26FN3O4S. The van der Waals surface area contributed by atoms with Crippen molar-refractivity contribution >= 4 is 29.1 Å². The van der Waals surface area contributed by atoms with Crippen LogP contribution < -0.4 is 10.3 Å². The number of H-pyrrole nitrogens is 1. The molecule has 0 aliphatic carbocycles. The van der Waals surface area contributed by atoms with E-state index < -0.39 is 11.4 Å². The molecule has 1 N–H and O–H groups in total. The Bertz CT molecular complexity index is 940. The van der Waals surface area contributed by atoms with Gasteiger partial charge in [0.25, 0.3) is 5.56 Å². The summed E-state index contributed by atoms with van der Waals surface area (Å²) in [6.45, 7) is 3.41. The fourth-order valence-corrected chi connectivity index (χ4v) is 4.93. The SMILES string of the molecule is O=CN1CCC(COc2cc(F)c3c(=O)[nH]c(CSC4CCOCC4)nc3c2)CC1. The summed E-state index contributed by atoms with van der Waals surface area (Å²) in [7, 11) is 0. The molecule has 162 valence electrons. The summed E-state index contributed by atoms with van der Waals surface area (Å²) in [5, 5.41) is 0.443. The van der Waals surface area contributed by atoms with Gasteiger partial charge in [-0.1, -0.05) is 0 Å². The third-order valence-electron chi connectivity index (χ3n) is 5.69. The number of aromatic nitrogens is 2. The molecule has 2 fully saturated rings. The number of fused-ring (bicyclic) bond motifs is 1. The van der Waals surface area contributed by atoms with Gasteiger partial charge in [0.1, 0.15) is 22.8 Å². The predicted octanol–water partition coefficient (Wildman–Crippen LogP) is 2.72. The zero-order valence-corrected chi connectivity index (χ0v) is 17.6. The Hall–Kier alpha value is -2.13. The van der Waals surface area contributed by atoms with Crippen molar-refractivity contribution < 1.29 is 18.7 Å². The first-order valence-electron chi connectivity index (χ1n) is 10.4. The minimum atomic E-state index is -0.629. The average Bonchev–Trinajstić information content (AvgIpc) is 2.77. The lowest BCUT2D eigenvalue weighted by molar-refractivity contribution is -0.119. The number of amides is 1. The number of hydrogen-bond donors (Lipinski definition) is 1. The summed E-state index contributed by atoms with van der Waals surface area (Å²) in [6.07, 6.45) is 4.57. The average molecular weight is 436 g/mol. The Morgan fingerprint density at radius 2 is 2.03 bits per heavy atom. The second kappa shape index (κ2) is 9.78. The first kappa shape index (κ1) is 21.1. The van der Waals surface area contributed by atoms with E-state index in [1.807, 2.05) is 0 Å². The van der Waals surface area contributed by atoms with E-state index in [4.69, 9.17) is 9.47 Å². The maximum absolute atomic E-state index is 14.6. The molecule has 2 saturated heterocycles.